The number of primary amides is 1. The van der Waals surface area contributed by atoms with Crippen LogP contribution in [-0.2, 0) is 6.42 Å². The van der Waals surface area contributed by atoms with Gasteiger partial charge in [0, 0.05) is 12.2 Å². The smallest absolute Gasteiger partial charge is 0.248 e. The molecule has 1 aromatic carbocycles. The van der Waals surface area contributed by atoms with Gasteiger partial charge in [0.1, 0.15) is 0 Å². The number of hydrogen-bond acceptors (Lipinski definition) is 2. The van der Waals surface area contributed by atoms with E-state index in [1.165, 1.54) is 0 Å². The van der Waals surface area contributed by atoms with Crippen molar-refractivity contribution in [3.63, 3.8) is 0 Å². The lowest BCUT2D eigenvalue weighted by Crippen LogP contribution is -2.13. The Kier molecular flexibility index (Phi) is 3.03. The standard InChI is InChI=1S/C10H13NO2/c1-7-8(5-6-12)3-2-4-9(7)10(11)13/h2-4,12H,5-6H2,1H3,(H2,11,13). The molecular weight excluding hydrogens is 166 g/mol. The highest BCUT2D eigenvalue weighted by molar-refractivity contribution is 5.94. The normalized spacial score (nSPS) is 10.0. The third-order valence-electron chi connectivity index (χ3n) is 2.09. The van der Waals surface area contributed by atoms with Crippen molar-refractivity contribution in [3.8, 4) is 0 Å². The van der Waals surface area contributed by atoms with E-state index in [1.807, 2.05) is 13.0 Å². The molecule has 0 unspecified atom stereocenters. The molecule has 0 aromatic heterocycles. The molecule has 0 aliphatic heterocycles. The van der Waals surface area contributed by atoms with Crippen LogP contribution in [0.2, 0.25) is 0 Å². The molecule has 3 nitrogen and oxygen atoms in total. The minimum Gasteiger partial charge on any atom is -0.396 e. The minimum absolute atomic E-state index is 0.0864. The van der Waals surface area contributed by atoms with Crippen LogP contribution in [0.5, 0.6) is 0 Å². The van der Waals surface area contributed by atoms with Crippen LogP contribution >= 0.6 is 0 Å². The third-order valence-corrected chi connectivity index (χ3v) is 2.09. The van der Waals surface area contributed by atoms with Crippen LogP contribution in [0.4, 0.5) is 0 Å². The van der Waals surface area contributed by atoms with E-state index in [0.717, 1.165) is 11.1 Å². The topological polar surface area (TPSA) is 63.3 Å². The summed E-state index contributed by atoms with van der Waals surface area (Å²) in [5.74, 6) is -0.419. The molecule has 0 heterocycles. The number of rotatable bonds is 3. The first kappa shape index (κ1) is 9.74. The van der Waals surface area contributed by atoms with Crippen LogP contribution in [0.3, 0.4) is 0 Å². The first-order valence-corrected chi connectivity index (χ1v) is 4.16. The second-order valence-corrected chi connectivity index (χ2v) is 2.93. The molecule has 1 aromatic rings. The monoisotopic (exact) mass is 179 g/mol. The molecule has 70 valence electrons. The zero-order chi connectivity index (χ0) is 9.84. The predicted molar refractivity (Wildman–Crippen MR) is 50.5 cm³/mol. The van der Waals surface area contributed by atoms with Gasteiger partial charge in [0.25, 0.3) is 0 Å². The molecular formula is C10H13NO2. The molecule has 0 aliphatic carbocycles. The Morgan fingerprint density at radius 2 is 2.23 bits per heavy atom. The molecule has 1 amide bonds. The minimum atomic E-state index is -0.419. The average molecular weight is 179 g/mol. The van der Waals surface area contributed by atoms with Gasteiger partial charge in [-0.15, -0.1) is 0 Å². The van der Waals surface area contributed by atoms with E-state index in [0.29, 0.717) is 12.0 Å². The number of aliphatic hydroxyl groups excluding tert-OH is 1. The summed E-state index contributed by atoms with van der Waals surface area (Å²) in [6, 6.07) is 5.36. The fourth-order valence-electron chi connectivity index (χ4n) is 1.34. The molecule has 3 heteroatoms. The Morgan fingerprint density at radius 3 is 2.77 bits per heavy atom. The van der Waals surface area contributed by atoms with Gasteiger partial charge in [-0.2, -0.15) is 0 Å². The summed E-state index contributed by atoms with van der Waals surface area (Å²) in [7, 11) is 0. The SMILES string of the molecule is Cc1c(CCO)cccc1C(N)=O. The van der Waals surface area contributed by atoms with E-state index in [2.05, 4.69) is 0 Å². The van der Waals surface area contributed by atoms with Gasteiger partial charge < -0.3 is 10.8 Å². The van der Waals surface area contributed by atoms with Gasteiger partial charge in [0.15, 0.2) is 0 Å². The molecule has 0 spiro atoms. The lowest BCUT2D eigenvalue weighted by molar-refractivity contribution is 0.0999. The van der Waals surface area contributed by atoms with Crippen LogP contribution in [0.15, 0.2) is 18.2 Å². The summed E-state index contributed by atoms with van der Waals surface area (Å²) in [6.45, 7) is 1.92. The molecule has 0 radical (unpaired) electrons. The molecule has 0 bridgehead atoms. The number of carbonyl (C=O) groups is 1. The van der Waals surface area contributed by atoms with Crippen molar-refractivity contribution in [2.45, 2.75) is 13.3 Å². The summed E-state index contributed by atoms with van der Waals surface area (Å²) in [4.78, 5) is 10.9. The van der Waals surface area contributed by atoms with E-state index in [1.54, 1.807) is 12.1 Å². The second-order valence-electron chi connectivity index (χ2n) is 2.93. The van der Waals surface area contributed by atoms with Gasteiger partial charge in [-0.25, -0.2) is 0 Å². The van der Waals surface area contributed by atoms with Gasteiger partial charge in [-0.05, 0) is 30.5 Å². The van der Waals surface area contributed by atoms with E-state index < -0.39 is 5.91 Å². The fourth-order valence-corrected chi connectivity index (χ4v) is 1.34. The highest BCUT2D eigenvalue weighted by atomic mass is 16.2. The highest BCUT2D eigenvalue weighted by Crippen LogP contribution is 2.13. The zero-order valence-electron chi connectivity index (χ0n) is 7.58. The van der Waals surface area contributed by atoms with E-state index in [4.69, 9.17) is 10.8 Å². The molecule has 0 saturated heterocycles. The van der Waals surface area contributed by atoms with Gasteiger partial charge in [0.2, 0.25) is 5.91 Å². The highest BCUT2D eigenvalue weighted by Gasteiger charge is 2.07. The van der Waals surface area contributed by atoms with E-state index in [9.17, 15) is 4.79 Å². The maximum absolute atomic E-state index is 10.9. The van der Waals surface area contributed by atoms with Gasteiger partial charge in [0.05, 0.1) is 0 Å². The first-order chi connectivity index (χ1) is 6.16. The Balaban J connectivity index is 3.10. The third kappa shape index (κ3) is 2.06. The molecule has 0 saturated carbocycles. The van der Waals surface area contributed by atoms with Gasteiger partial charge in [-0.1, -0.05) is 12.1 Å². The van der Waals surface area contributed by atoms with E-state index >= 15 is 0 Å². The van der Waals surface area contributed by atoms with Crippen molar-refractivity contribution in [2.24, 2.45) is 5.73 Å². The Bertz CT molecular complexity index is 321. The molecule has 3 N–H and O–H groups in total. The van der Waals surface area contributed by atoms with Crippen molar-refractivity contribution < 1.29 is 9.90 Å². The number of benzene rings is 1. The summed E-state index contributed by atoms with van der Waals surface area (Å²) in [5, 5.41) is 8.76. The van der Waals surface area contributed by atoms with Crippen LogP contribution < -0.4 is 5.73 Å². The van der Waals surface area contributed by atoms with Crippen LogP contribution in [-0.4, -0.2) is 17.6 Å². The largest absolute Gasteiger partial charge is 0.396 e. The van der Waals surface area contributed by atoms with Crippen molar-refractivity contribution in [2.75, 3.05) is 6.61 Å². The quantitative estimate of drug-likeness (QED) is 0.714. The number of amides is 1. The summed E-state index contributed by atoms with van der Waals surface area (Å²) in [6.07, 6.45) is 0.562. The van der Waals surface area contributed by atoms with Crippen molar-refractivity contribution in [1.82, 2.24) is 0 Å². The zero-order valence-corrected chi connectivity index (χ0v) is 7.58. The maximum Gasteiger partial charge on any atom is 0.248 e. The van der Waals surface area contributed by atoms with Crippen molar-refractivity contribution in [3.05, 3.63) is 34.9 Å². The number of aliphatic hydroxyl groups is 1. The van der Waals surface area contributed by atoms with Gasteiger partial charge >= 0.3 is 0 Å². The van der Waals surface area contributed by atoms with Crippen molar-refractivity contribution in [1.29, 1.82) is 0 Å². The predicted octanol–water partition coefficient (Wildman–Crippen LogP) is 0.629. The summed E-state index contributed by atoms with van der Waals surface area (Å²) >= 11 is 0. The first-order valence-electron chi connectivity index (χ1n) is 4.16. The van der Waals surface area contributed by atoms with E-state index in [-0.39, 0.29) is 6.61 Å². The lowest BCUT2D eigenvalue weighted by atomic mass is 10.00. The fraction of sp³-hybridized carbons (Fsp3) is 0.300. The molecule has 0 aliphatic rings. The number of nitrogens with two attached hydrogens (primary N) is 1. The van der Waals surface area contributed by atoms with Crippen LogP contribution in [0, 0.1) is 6.92 Å². The summed E-state index contributed by atoms with van der Waals surface area (Å²) < 4.78 is 0. The number of hydrogen-bond donors (Lipinski definition) is 2. The molecule has 0 fully saturated rings. The Hall–Kier alpha value is -1.35. The lowest BCUT2D eigenvalue weighted by Gasteiger charge is -2.06. The Morgan fingerprint density at radius 1 is 1.54 bits per heavy atom. The van der Waals surface area contributed by atoms with Crippen LogP contribution in [0.25, 0.3) is 0 Å². The number of carbonyl (C=O) groups excluding carboxylic acids is 1. The Labute approximate surface area is 77.2 Å². The second kappa shape index (κ2) is 4.05. The van der Waals surface area contributed by atoms with Crippen LogP contribution in [0.1, 0.15) is 21.5 Å². The van der Waals surface area contributed by atoms with Crippen molar-refractivity contribution >= 4 is 5.91 Å². The average Bonchev–Trinajstić information content (AvgIpc) is 2.08. The molecule has 1 rings (SSSR count). The maximum atomic E-state index is 10.9. The molecule has 0 atom stereocenters. The molecule has 13 heavy (non-hydrogen) atoms. The summed E-state index contributed by atoms with van der Waals surface area (Å²) in [5.41, 5.74) is 7.55. The van der Waals surface area contributed by atoms with Gasteiger partial charge in [-0.3, -0.25) is 4.79 Å².